The zero-order valence-corrected chi connectivity index (χ0v) is 16.5. The molecule has 4 aromatic carbocycles. The van der Waals surface area contributed by atoms with Crippen LogP contribution in [0.4, 0.5) is 0 Å². The van der Waals surface area contributed by atoms with Crippen molar-refractivity contribution in [3.05, 3.63) is 81.9 Å². The fourth-order valence-corrected chi connectivity index (χ4v) is 4.44. The second kappa shape index (κ2) is 7.08. The van der Waals surface area contributed by atoms with Gasteiger partial charge in [-0.15, -0.1) is 0 Å². The Balaban J connectivity index is 1.96. The van der Waals surface area contributed by atoms with Crippen LogP contribution in [0.2, 0.25) is 0 Å². The minimum atomic E-state index is -0.280. The van der Waals surface area contributed by atoms with E-state index in [2.05, 4.69) is 71.1 Å². The van der Waals surface area contributed by atoms with Gasteiger partial charge in [0.25, 0.3) is 0 Å². The summed E-state index contributed by atoms with van der Waals surface area (Å²) in [5.41, 5.74) is 2.88. The summed E-state index contributed by atoms with van der Waals surface area (Å²) in [5.74, 6) is -0.280. The maximum absolute atomic E-state index is 11.9. The van der Waals surface area contributed by atoms with Crippen LogP contribution in [0.5, 0.6) is 0 Å². The molecule has 0 heterocycles. The van der Waals surface area contributed by atoms with Crippen molar-refractivity contribution in [3.63, 3.8) is 0 Å². The van der Waals surface area contributed by atoms with E-state index in [4.69, 9.17) is 4.74 Å². The SMILES string of the molecule is CCOC(=O)c1ccc(-c2c(I)c3ccccc3c3ccccc23)cc1. The minimum absolute atomic E-state index is 0.280. The molecule has 0 atom stereocenters. The zero-order chi connectivity index (χ0) is 18.1. The Labute approximate surface area is 165 Å². The average Bonchev–Trinajstić information content (AvgIpc) is 2.69. The minimum Gasteiger partial charge on any atom is -0.462 e. The topological polar surface area (TPSA) is 26.3 Å². The Bertz CT molecular complexity index is 1110. The van der Waals surface area contributed by atoms with Crippen LogP contribution in [0.1, 0.15) is 17.3 Å². The first kappa shape index (κ1) is 17.0. The van der Waals surface area contributed by atoms with E-state index in [1.165, 1.54) is 30.7 Å². The standard InChI is InChI=1S/C23H17IO2/c1-2-26-23(25)16-13-11-15(12-14-16)21-19-9-5-3-7-17(19)18-8-4-6-10-20(18)22(21)24/h3-14H,2H2,1H3. The number of hydrogen-bond donors (Lipinski definition) is 0. The molecule has 0 amide bonds. The molecule has 0 saturated heterocycles. The lowest BCUT2D eigenvalue weighted by molar-refractivity contribution is 0.0526. The number of carbonyl (C=O) groups is 1. The van der Waals surface area contributed by atoms with E-state index < -0.39 is 0 Å². The first-order chi connectivity index (χ1) is 12.7. The summed E-state index contributed by atoms with van der Waals surface area (Å²) < 4.78 is 6.31. The summed E-state index contributed by atoms with van der Waals surface area (Å²) in [5, 5.41) is 4.98. The maximum atomic E-state index is 11.9. The highest BCUT2D eigenvalue weighted by Gasteiger charge is 2.14. The van der Waals surface area contributed by atoms with Crippen molar-refractivity contribution in [1.29, 1.82) is 0 Å². The molecular formula is C23H17IO2. The number of esters is 1. The van der Waals surface area contributed by atoms with Crippen molar-refractivity contribution in [2.75, 3.05) is 6.61 Å². The highest BCUT2D eigenvalue weighted by Crippen LogP contribution is 2.39. The summed E-state index contributed by atoms with van der Waals surface area (Å²) in [4.78, 5) is 11.9. The Kier molecular flexibility index (Phi) is 4.64. The molecule has 0 bridgehead atoms. The molecule has 0 unspecified atom stereocenters. The molecule has 0 aromatic heterocycles. The molecule has 4 aromatic rings. The molecule has 0 radical (unpaired) electrons. The normalized spacial score (nSPS) is 11.0. The Hall–Kier alpha value is -2.40. The van der Waals surface area contributed by atoms with Crippen LogP contribution in [-0.2, 0) is 4.74 Å². The Morgan fingerprint density at radius 3 is 1.96 bits per heavy atom. The summed E-state index contributed by atoms with van der Waals surface area (Å²) >= 11 is 2.43. The van der Waals surface area contributed by atoms with Gasteiger partial charge in [-0.05, 0) is 68.8 Å². The maximum Gasteiger partial charge on any atom is 0.338 e. The lowest BCUT2D eigenvalue weighted by Gasteiger charge is -2.14. The van der Waals surface area contributed by atoms with E-state index >= 15 is 0 Å². The van der Waals surface area contributed by atoms with Gasteiger partial charge in [-0.25, -0.2) is 4.79 Å². The summed E-state index contributed by atoms with van der Waals surface area (Å²) in [6.07, 6.45) is 0. The van der Waals surface area contributed by atoms with Gasteiger partial charge in [-0.1, -0.05) is 60.7 Å². The van der Waals surface area contributed by atoms with Crippen molar-refractivity contribution < 1.29 is 9.53 Å². The summed E-state index contributed by atoms with van der Waals surface area (Å²) in [6, 6.07) is 24.7. The van der Waals surface area contributed by atoms with Gasteiger partial charge in [-0.2, -0.15) is 0 Å². The number of carbonyl (C=O) groups excluding carboxylic acids is 1. The molecule has 26 heavy (non-hydrogen) atoms. The van der Waals surface area contributed by atoms with E-state index in [1.54, 1.807) is 0 Å². The summed E-state index contributed by atoms with van der Waals surface area (Å²) in [6.45, 7) is 2.20. The van der Waals surface area contributed by atoms with Crippen molar-refractivity contribution in [3.8, 4) is 11.1 Å². The molecule has 0 saturated carbocycles. The molecule has 128 valence electrons. The van der Waals surface area contributed by atoms with Gasteiger partial charge in [0.1, 0.15) is 0 Å². The van der Waals surface area contributed by atoms with E-state index in [9.17, 15) is 4.79 Å². The van der Waals surface area contributed by atoms with E-state index in [-0.39, 0.29) is 5.97 Å². The van der Waals surface area contributed by atoms with Gasteiger partial charge >= 0.3 is 5.97 Å². The van der Waals surface area contributed by atoms with Crippen LogP contribution in [0.25, 0.3) is 32.7 Å². The van der Waals surface area contributed by atoms with E-state index in [1.807, 2.05) is 31.2 Å². The number of fused-ring (bicyclic) bond motifs is 3. The molecule has 2 nitrogen and oxygen atoms in total. The van der Waals surface area contributed by atoms with Gasteiger partial charge in [0.05, 0.1) is 12.2 Å². The molecule has 0 spiro atoms. The average molecular weight is 452 g/mol. The van der Waals surface area contributed by atoms with Crippen LogP contribution in [-0.4, -0.2) is 12.6 Å². The predicted octanol–water partition coefficient (Wildman–Crippen LogP) is 6.44. The number of halogens is 1. The van der Waals surface area contributed by atoms with Crippen molar-refractivity contribution in [2.45, 2.75) is 6.92 Å². The van der Waals surface area contributed by atoms with Crippen LogP contribution < -0.4 is 0 Å². The monoisotopic (exact) mass is 452 g/mol. The molecule has 4 rings (SSSR count). The van der Waals surface area contributed by atoms with Crippen molar-refractivity contribution in [2.24, 2.45) is 0 Å². The van der Waals surface area contributed by atoms with Crippen LogP contribution in [0, 0.1) is 3.57 Å². The van der Waals surface area contributed by atoms with Crippen LogP contribution in [0.15, 0.2) is 72.8 Å². The molecule has 0 fully saturated rings. The zero-order valence-electron chi connectivity index (χ0n) is 14.3. The number of rotatable bonds is 3. The fraction of sp³-hybridized carbons (Fsp3) is 0.0870. The highest BCUT2D eigenvalue weighted by atomic mass is 127. The predicted molar refractivity (Wildman–Crippen MR) is 116 cm³/mol. The number of benzene rings is 4. The summed E-state index contributed by atoms with van der Waals surface area (Å²) in [7, 11) is 0. The largest absolute Gasteiger partial charge is 0.462 e. The third kappa shape index (κ3) is 2.86. The fourth-order valence-electron chi connectivity index (χ4n) is 3.37. The first-order valence-electron chi connectivity index (χ1n) is 8.57. The molecular weight excluding hydrogens is 435 g/mol. The van der Waals surface area contributed by atoms with Crippen LogP contribution in [0.3, 0.4) is 0 Å². The first-order valence-corrected chi connectivity index (χ1v) is 9.65. The third-order valence-corrected chi connectivity index (χ3v) is 5.67. The van der Waals surface area contributed by atoms with E-state index in [0.717, 1.165) is 5.56 Å². The lowest BCUT2D eigenvalue weighted by Crippen LogP contribution is -2.04. The van der Waals surface area contributed by atoms with E-state index in [0.29, 0.717) is 12.2 Å². The Morgan fingerprint density at radius 1 is 0.808 bits per heavy atom. The van der Waals surface area contributed by atoms with Crippen molar-refractivity contribution in [1.82, 2.24) is 0 Å². The molecule has 0 aliphatic carbocycles. The molecule has 3 heteroatoms. The second-order valence-electron chi connectivity index (χ2n) is 6.08. The smallest absolute Gasteiger partial charge is 0.338 e. The second-order valence-corrected chi connectivity index (χ2v) is 7.16. The van der Waals surface area contributed by atoms with Gasteiger partial charge in [0, 0.05) is 9.13 Å². The molecule has 0 aliphatic heterocycles. The third-order valence-electron chi connectivity index (χ3n) is 4.55. The van der Waals surface area contributed by atoms with Crippen molar-refractivity contribution >= 4 is 50.1 Å². The van der Waals surface area contributed by atoms with Crippen LogP contribution >= 0.6 is 22.6 Å². The Morgan fingerprint density at radius 2 is 1.35 bits per heavy atom. The lowest BCUT2D eigenvalue weighted by atomic mass is 9.93. The number of hydrogen-bond acceptors (Lipinski definition) is 2. The quantitative estimate of drug-likeness (QED) is 0.203. The van der Waals surface area contributed by atoms with Gasteiger partial charge < -0.3 is 4.74 Å². The van der Waals surface area contributed by atoms with Gasteiger partial charge in [-0.3, -0.25) is 0 Å². The highest BCUT2D eigenvalue weighted by molar-refractivity contribution is 14.1. The van der Waals surface area contributed by atoms with Gasteiger partial charge in [0.15, 0.2) is 0 Å². The van der Waals surface area contributed by atoms with Gasteiger partial charge in [0.2, 0.25) is 0 Å². The number of ether oxygens (including phenoxy) is 1. The molecule has 0 N–H and O–H groups in total. The molecule has 0 aliphatic rings.